The summed E-state index contributed by atoms with van der Waals surface area (Å²) in [5, 5.41) is 3.13. The molecule has 0 aromatic heterocycles. The predicted molar refractivity (Wildman–Crippen MR) is 104 cm³/mol. The number of nitrogens with zero attached hydrogens (tertiary/aromatic N) is 1. The van der Waals surface area contributed by atoms with E-state index < -0.39 is 0 Å². The van der Waals surface area contributed by atoms with Gasteiger partial charge < -0.3 is 19.5 Å². The van der Waals surface area contributed by atoms with Gasteiger partial charge in [0, 0.05) is 26.2 Å². The first kappa shape index (κ1) is 20.1. The summed E-state index contributed by atoms with van der Waals surface area (Å²) in [5.41, 5.74) is 1.19. The van der Waals surface area contributed by atoms with Crippen LogP contribution < -0.4 is 10.1 Å². The SMILES string of the molecule is CCOc1ccc(C(CNC(=O)CC2CCCCO2)N2CCOCC2)cc1. The van der Waals surface area contributed by atoms with Gasteiger partial charge in [-0.05, 0) is 43.9 Å². The Morgan fingerprint density at radius 3 is 2.67 bits per heavy atom. The molecule has 2 unspecified atom stereocenters. The summed E-state index contributed by atoms with van der Waals surface area (Å²) in [6.45, 7) is 7.23. The third-order valence-corrected chi connectivity index (χ3v) is 5.24. The second-order valence-electron chi connectivity index (χ2n) is 7.16. The molecule has 2 fully saturated rings. The molecule has 0 radical (unpaired) electrons. The van der Waals surface area contributed by atoms with Crippen LogP contribution in [0.4, 0.5) is 0 Å². The van der Waals surface area contributed by atoms with E-state index in [1.807, 2.05) is 19.1 Å². The lowest BCUT2D eigenvalue weighted by atomic mass is 10.0. The Bertz CT molecular complexity index is 566. The fourth-order valence-corrected chi connectivity index (χ4v) is 3.76. The smallest absolute Gasteiger partial charge is 0.222 e. The number of hydrogen-bond donors (Lipinski definition) is 1. The standard InChI is InChI=1S/C21H32N2O4/c1-2-26-18-8-6-17(7-9-18)20(23-10-13-25-14-11-23)16-22-21(24)15-19-5-3-4-12-27-19/h6-9,19-20H,2-5,10-16H2,1H3,(H,22,24). The molecule has 0 aliphatic carbocycles. The van der Waals surface area contributed by atoms with Crippen molar-refractivity contribution < 1.29 is 19.0 Å². The summed E-state index contributed by atoms with van der Waals surface area (Å²) in [4.78, 5) is 14.8. The molecule has 1 amide bonds. The zero-order chi connectivity index (χ0) is 18.9. The predicted octanol–water partition coefficient (Wildman–Crippen LogP) is 2.53. The van der Waals surface area contributed by atoms with Gasteiger partial charge in [0.1, 0.15) is 5.75 Å². The second kappa shape index (κ2) is 10.6. The molecule has 3 rings (SSSR count). The third kappa shape index (κ3) is 6.19. The van der Waals surface area contributed by atoms with Crippen LogP contribution in [0.2, 0.25) is 0 Å². The zero-order valence-corrected chi connectivity index (χ0v) is 16.3. The summed E-state index contributed by atoms with van der Waals surface area (Å²) in [6.07, 6.45) is 3.78. The van der Waals surface area contributed by atoms with E-state index in [9.17, 15) is 4.79 Å². The first-order valence-corrected chi connectivity index (χ1v) is 10.2. The average Bonchev–Trinajstić information content (AvgIpc) is 2.71. The lowest BCUT2D eigenvalue weighted by molar-refractivity contribution is -0.125. The maximum atomic E-state index is 12.4. The summed E-state index contributed by atoms with van der Waals surface area (Å²) in [7, 11) is 0. The highest BCUT2D eigenvalue weighted by Crippen LogP contribution is 2.24. The number of ether oxygens (including phenoxy) is 3. The Labute approximate surface area is 162 Å². The lowest BCUT2D eigenvalue weighted by Gasteiger charge is -2.35. The molecule has 1 aromatic rings. The zero-order valence-electron chi connectivity index (χ0n) is 16.3. The Morgan fingerprint density at radius 2 is 2.00 bits per heavy atom. The molecule has 27 heavy (non-hydrogen) atoms. The van der Waals surface area contributed by atoms with Gasteiger partial charge in [0.05, 0.1) is 38.4 Å². The fourth-order valence-electron chi connectivity index (χ4n) is 3.76. The minimum Gasteiger partial charge on any atom is -0.494 e. The number of morpholine rings is 1. The highest BCUT2D eigenvalue weighted by molar-refractivity contribution is 5.76. The van der Waals surface area contributed by atoms with E-state index in [2.05, 4.69) is 22.3 Å². The van der Waals surface area contributed by atoms with E-state index in [0.29, 0.717) is 19.6 Å². The van der Waals surface area contributed by atoms with Crippen LogP contribution in [0.25, 0.3) is 0 Å². The van der Waals surface area contributed by atoms with E-state index in [1.54, 1.807) is 0 Å². The van der Waals surface area contributed by atoms with Crippen LogP contribution >= 0.6 is 0 Å². The van der Waals surface area contributed by atoms with Crippen molar-refractivity contribution in [1.29, 1.82) is 0 Å². The molecule has 1 aromatic carbocycles. The van der Waals surface area contributed by atoms with Crippen molar-refractivity contribution in [2.45, 2.75) is 44.8 Å². The van der Waals surface area contributed by atoms with E-state index in [-0.39, 0.29) is 18.1 Å². The van der Waals surface area contributed by atoms with Crippen LogP contribution in [-0.2, 0) is 14.3 Å². The van der Waals surface area contributed by atoms with Crippen molar-refractivity contribution in [3.63, 3.8) is 0 Å². The minimum absolute atomic E-state index is 0.0751. The summed E-state index contributed by atoms with van der Waals surface area (Å²) in [5.74, 6) is 0.951. The number of amides is 1. The van der Waals surface area contributed by atoms with Gasteiger partial charge in [-0.25, -0.2) is 0 Å². The highest BCUT2D eigenvalue weighted by atomic mass is 16.5. The van der Waals surface area contributed by atoms with Gasteiger partial charge in [-0.2, -0.15) is 0 Å². The first-order valence-electron chi connectivity index (χ1n) is 10.2. The topological polar surface area (TPSA) is 60.0 Å². The summed E-state index contributed by atoms with van der Waals surface area (Å²) in [6, 6.07) is 8.34. The van der Waals surface area contributed by atoms with E-state index in [1.165, 1.54) is 5.56 Å². The van der Waals surface area contributed by atoms with Crippen molar-refractivity contribution in [1.82, 2.24) is 10.2 Å². The second-order valence-corrected chi connectivity index (χ2v) is 7.16. The first-order chi connectivity index (χ1) is 13.3. The van der Waals surface area contributed by atoms with Crippen LogP contribution in [0.3, 0.4) is 0 Å². The number of nitrogens with one attached hydrogen (secondary N) is 1. The van der Waals surface area contributed by atoms with Gasteiger partial charge in [-0.1, -0.05) is 12.1 Å². The van der Waals surface area contributed by atoms with Crippen molar-refractivity contribution in [3.8, 4) is 5.75 Å². The maximum Gasteiger partial charge on any atom is 0.222 e. The van der Waals surface area contributed by atoms with E-state index >= 15 is 0 Å². The van der Waals surface area contributed by atoms with Crippen LogP contribution in [0.1, 0.15) is 44.2 Å². The lowest BCUT2D eigenvalue weighted by Crippen LogP contribution is -2.44. The van der Waals surface area contributed by atoms with Gasteiger partial charge in [-0.3, -0.25) is 9.69 Å². The van der Waals surface area contributed by atoms with Gasteiger partial charge in [0.25, 0.3) is 0 Å². The molecule has 2 aliphatic heterocycles. The molecule has 2 saturated heterocycles. The number of carbonyl (C=O) groups excluding carboxylic acids is 1. The molecule has 1 N–H and O–H groups in total. The quantitative estimate of drug-likeness (QED) is 0.756. The largest absolute Gasteiger partial charge is 0.494 e. The van der Waals surface area contributed by atoms with Gasteiger partial charge >= 0.3 is 0 Å². The Morgan fingerprint density at radius 1 is 1.22 bits per heavy atom. The molecule has 2 atom stereocenters. The molecule has 6 heteroatoms. The summed E-state index contributed by atoms with van der Waals surface area (Å²) >= 11 is 0. The number of benzene rings is 1. The van der Waals surface area contributed by atoms with Crippen molar-refractivity contribution in [3.05, 3.63) is 29.8 Å². The Kier molecular flexibility index (Phi) is 7.93. The maximum absolute atomic E-state index is 12.4. The third-order valence-electron chi connectivity index (χ3n) is 5.24. The monoisotopic (exact) mass is 376 g/mol. The average molecular weight is 376 g/mol. The number of rotatable bonds is 8. The highest BCUT2D eigenvalue weighted by Gasteiger charge is 2.24. The van der Waals surface area contributed by atoms with Crippen LogP contribution in [0.5, 0.6) is 5.75 Å². The summed E-state index contributed by atoms with van der Waals surface area (Å²) < 4.78 is 16.7. The molecule has 2 heterocycles. The van der Waals surface area contributed by atoms with Gasteiger partial charge in [-0.15, -0.1) is 0 Å². The van der Waals surface area contributed by atoms with Crippen LogP contribution in [0.15, 0.2) is 24.3 Å². The van der Waals surface area contributed by atoms with Crippen molar-refractivity contribution in [2.24, 2.45) is 0 Å². The van der Waals surface area contributed by atoms with Crippen LogP contribution in [0, 0.1) is 0 Å². The number of carbonyl (C=O) groups is 1. The molecular formula is C21H32N2O4. The minimum atomic E-state index is 0.0751. The van der Waals surface area contributed by atoms with Gasteiger partial charge in [0.15, 0.2) is 0 Å². The van der Waals surface area contributed by atoms with Crippen molar-refractivity contribution >= 4 is 5.91 Å². The normalized spacial score (nSPS) is 22.2. The molecule has 0 bridgehead atoms. The molecule has 0 spiro atoms. The van der Waals surface area contributed by atoms with Crippen LogP contribution in [-0.4, -0.2) is 63.0 Å². The van der Waals surface area contributed by atoms with E-state index in [4.69, 9.17) is 14.2 Å². The molecule has 6 nitrogen and oxygen atoms in total. The fraction of sp³-hybridized carbons (Fsp3) is 0.667. The molecular weight excluding hydrogens is 344 g/mol. The Balaban J connectivity index is 1.59. The van der Waals surface area contributed by atoms with Crippen molar-refractivity contribution in [2.75, 3.05) is 46.1 Å². The van der Waals surface area contributed by atoms with Gasteiger partial charge in [0.2, 0.25) is 5.91 Å². The molecule has 0 saturated carbocycles. The molecule has 150 valence electrons. The number of hydrogen-bond acceptors (Lipinski definition) is 5. The molecule has 2 aliphatic rings. The Hall–Kier alpha value is -1.63. The van der Waals surface area contributed by atoms with E-state index in [0.717, 1.165) is 57.9 Å².